The van der Waals surface area contributed by atoms with Gasteiger partial charge in [0.2, 0.25) is 5.95 Å². The molecular weight excluding hydrogens is 302 g/mol. The van der Waals surface area contributed by atoms with Crippen LogP contribution in [-0.2, 0) is 6.42 Å². The van der Waals surface area contributed by atoms with E-state index in [1.165, 1.54) is 12.8 Å². The fourth-order valence-electron chi connectivity index (χ4n) is 3.51. The summed E-state index contributed by atoms with van der Waals surface area (Å²) in [6.45, 7) is 2.04. The van der Waals surface area contributed by atoms with Crippen LogP contribution in [0.4, 0.5) is 11.6 Å². The summed E-state index contributed by atoms with van der Waals surface area (Å²) in [4.78, 5) is 21.4. The number of nitrogens with zero attached hydrogens (tertiary/aromatic N) is 3. The van der Waals surface area contributed by atoms with Crippen LogP contribution in [0.5, 0.6) is 0 Å². The van der Waals surface area contributed by atoms with Gasteiger partial charge in [-0.2, -0.15) is 9.97 Å². The molecule has 0 radical (unpaired) electrons. The molecule has 0 amide bonds. The molecule has 0 aromatic heterocycles. The van der Waals surface area contributed by atoms with Gasteiger partial charge in [-0.1, -0.05) is 38.0 Å². The Bertz CT molecular complexity index is 861. The number of hydrogen-bond donors (Lipinski definition) is 2. The average molecular weight is 323 g/mol. The van der Waals surface area contributed by atoms with Gasteiger partial charge in [0.1, 0.15) is 5.56 Å². The van der Waals surface area contributed by atoms with Gasteiger partial charge in [0.25, 0.3) is 5.56 Å². The van der Waals surface area contributed by atoms with Gasteiger partial charge in [-0.25, -0.2) is 0 Å². The first-order valence-corrected chi connectivity index (χ1v) is 8.59. The van der Waals surface area contributed by atoms with Gasteiger partial charge in [-0.15, -0.1) is 0 Å². The van der Waals surface area contributed by atoms with Crippen molar-refractivity contribution in [3.63, 3.8) is 0 Å². The van der Waals surface area contributed by atoms with E-state index >= 15 is 0 Å². The fourth-order valence-corrected chi connectivity index (χ4v) is 3.51. The summed E-state index contributed by atoms with van der Waals surface area (Å²) in [6.07, 6.45) is 5.47. The minimum absolute atomic E-state index is 0.219. The lowest BCUT2D eigenvalue weighted by molar-refractivity contribution is 0.464. The van der Waals surface area contributed by atoms with E-state index in [1.54, 1.807) is 0 Å². The Morgan fingerprint density at radius 3 is 2.67 bits per heavy atom. The topological polar surface area (TPSA) is 75.6 Å². The second-order valence-electron chi connectivity index (χ2n) is 6.29. The van der Waals surface area contributed by atoms with Gasteiger partial charge >= 0.3 is 0 Å². The lowest BCUT2D eigenvalue weighted by Gasteiger charge is -2.14. The van der Waals surface area contributed by atoms with Crippen LogP contribution in [0.25, 0.3) is 11.4 Å². The highest BCUT2D eigenvalue weighted by atomic mass is 16.1. The summed E-state index contributed by atoms with van der Waals surface area (Å²) in [6, 6.07) is 10.1. The number of hydrogen-bond acceptors (Lipinski definition) is 4. The smallest absolute Gasteiger partial charge is 0.285 e. The molecule has 1 aromatic rings. The maximum atomic E-state index is 12.6. The van der Waals surface area contributed by atoms with Crippen LogP contribution in [0.15, 0.2) is 35.1 Å². The quantitative estimate of drug-likeness (QED) is 0.770. The molecule has 1 saturated carbocycles. The molecule has 2 aliphatic heterocycles. The normalized spacial score (nSPS) is 15.2. The molecule has 0 saturated heterocycles. The third kappa shape index (κ3) is 2.58. The Kier molecular flexibility index (Phi) is 3.80. The number of para-hydroxylation sites is 1. The van der Waals surface area contributed by atoms with Gasteiger partial charge in [0.15, 0.2) is 5.82 Å². The van der Waals surface area contributed by atoms with Crippen LogP contribution in [0, 0.1) is 0 Å². The Balaban J connectivity index is 1.81. The van der Waals surface area contributed by atoms with Gasteiger partial charge in [-0.3, -0.25) is 14.6 Å². The second kappa shape index (κ2) is 6.11. The van der Waals surface area contributed by atoms with E-state index in [4.69, 9.17) is 0 Å². The highest BCUT2D eigenvalue weighted by Crippen LogP contribution is 2.34. The van der Waals surface area contributed by atoms with Crippen molar-refractivity contribution in [3.8, 4) is 11.4 Å². The second-order valence-corrected chi connectivity index (χ2v) is 6.29. The number of rotatable bonds is 4. The molecule has 24 heavy (non-hydrogen) atoms. The standard InChI is InChI=1S/C18H21N5O/c1-2-14-15-16(23(22-14)13-10-6-7-11-13)20-18(21-17(15)24)19-12-8-4-3-5-9-12/h3-5,8-9,13,22H,2,6-7,10-11H2,1H3,(H,19,21,24). The van der Waals surface area contributed by atoms with Crippen LogP contribution in [0.2, 0.25) is 0 Å². The van der Waals surface area contributed by atoms with E-state index in [9.17, 15) is 4.79 Å². The molecule has 2 heterocycles. The van der Waals surface area contributed by atoms with E-state index in [-0.39, 0.29) is 5.56 Å². The minimum atomic E-state index is -0.219. The number of benzene rings is 1. The van der Waals surface area contributed by atoms with Crippen molar-refractivity contribution in [3.05, 3.63) is 46.4 Å². The summed E-state index contributed by atoms with van der Waals surface area (Å²) in [5, 5.41) is 6.53. The first kappa shape index (κ1) is 14.9. The molecule has 124 valence electrons. The van der Waals surface area contributed by atoms with Crippen LogP contribution >= 0.6 is 0 Å². The number of nitrogens with one attached hydrogen (secondary N) is 2. The molecule has 0 bridgehead atoms. The molecule has 0 spiro atoms. The summed E-state index contributed by atoms with van der Waals surface area (Å²) >= 11 is 0. The molecule has 6 nitrogen and oxygen atoms in total. The predicted octanol–water partition coefficient (Wildman–Crippen LogP) is 3.49. The van der Waals surface area contributed by atoms with E-state index in [0.717, 1.165) is 36.5 Å². The SMILES string of the molecule is CCc1[nH]n(C2CCCC2)c2nc(Nc3ccccc3)nc(=O)c1-2. The van der Waals surface area contributed by atoms with E-state index in [0.29, 0.717) is 17.6 Å². The van der Waals surface area contributed by atoms with Crippen molar-refractivity contribution in [1.29, 1.82) is 0 Å². The fraction of sp³-hybridized carbons (Fsp3) is 0.389. The van der Waals surface area contributed by atoms with Gasteiger partial charge in [0, 0.05) is 11.4 Å². The Labute approximate surface area is 140 Å². The van der Waals surface area contributed by atoms with Gasteiger partial charge < -0.3 is 5.32 Å². The number of anilines is 2. The Hall–Kier alpha value is -2.63. The monoisotopic (exact) mass is 323 g/mol. The minimum Gasteiger partial charge on any atom is -0.324 e. The lowest BCUT2D eigenvalue weighted by atomic mass is 10.2. The maximum absolute atomic E-state index is 12.6. The van der Waals surface area contributed by atoms with Crippen molar-refractivity contribution in [2.24, 2.45) is 0 Å². The molecule has 6 heteroatoms. The van der Waals surface area contributed by atoms with Crippen LogP contribution < -0.4 is 10.9 Å². The molecule has 0 unspecified atom stereocenters. The summed E-state index contributed by atoms with van der Waals surface area (Å²) in [5.41, 5.74) is 2.20. The van der Waals surface area contributed by atoms with E-state index < -0.39 is 0 Å². The number of aromatic amines is 1. The third-order valence-corrected chi connectivity index (χ3v) is 4.72. The predicted molar refractivity (Wildman–Crippen MR) is 93.9 cm³/mol. The largest absolute Gasteiger partial charge is 0.324 e. The first-order valence-electron chi connectivity index (χ1n) is 8.59. The Morgan fingerprint density at radius 2 is 1.96 bits per heavy atom. The molecule has 2 N–H and O–H groups in total. The van der Waals surface area contributed by atoms with Crippen LogP contribution in [-0.4, -0.2) is 19.7 Å². The number of H-pyrrole nitrogens is 1. The Morgan fingerprint density at radius 1 is 1.21 bits per heavy atom. The van der Waals surface area contributed by atoms with Gasteiger partial charge in [0.05, 0.1) is 6.04 Å². The number of aromatic nitrogens is 4. The summed E-state index contributed by atoms with van der Waals surface area (Å²) < 4.78 is 2.08. The van der Waals surface area contributed by atoms with Crippen LogP contribution in [0.3, 0.4) is 0 Å². The molecule has 0 atom stereocenters. The van der Waals surface area contributed by atoms with Crippen molar-refractivity contribution in [2.45, 2.75) is 45.1 Å². The van der Waals surface area contributed by atoms with Crippen molar-refractivity contribution in [1.82, 2.24) is 19.7 Å². The molecular formula is C18H21N5O. The molecule has 3 aliphatic rings. The van der Waals surface area contributed by atoms with Gasteiger partial charge in [-0.05, 0) is 31.4 Å². The molecule has 4 rings (SSSR count). The number of aryl methyl sites for hydroxylation is 1. The summed E-state index contributed by atoms with van der Waals surface area (Å²) in [7, 11) is 0. The zero-order valence-electron chi connectivity index (χ0n) is 13.7. The molecule has 1 aromatic carbocycles. The highest BCUT2D eigenvalue weighted by molar-refractivity contribution is 5.63. The maximum Gasteiger partial charge on any atom is 0.285 e. The first-order chi connectivity index (χ1) is 11.8. The van der Waals surface area contributed by atoms with E-state index in [2.05, 4.69) is 25.1 Å². The lowest BCUT2D eigenvalue weighted by Crippen LogP contribution is -2.17. The summed E-state index contributed by atoms with van der Waals surface area (Å²) in [5.74, 6) is 1.07. The number of fused-ring (bicyclic) bond motifs is 1. The van der Waals surface area contributed by atoms with Crippen molar-refractivity contribution >= 4 is 11.6 Å². The average Bonchev–Trinajstić information content (AvgIpc) is 3.23. The zero-order valence-corrected chi connectivity index (χ0v) is 13.7. The third-order valence-electron chi connectivity index (χ3n) is 4.72. The zero-order chi connectivity index (χ0) is 16.5. The van der Waals surface area contributed by atoms with Crippen molar-refractivity contribution in [2.75, 3.05) is 5.32 Å². The van der Waals surface area contributed by atoms with Crippen molar-refractivity contribution < 1.29 is 0 Å². The highest BCUT2D eigenvalue weighted by Gasteiger charge is 2.27. The van der Waals surface area contributed by atoms with Crippen LogP contribution in [0.1, 0.15) is 44.3 Å². The van der Waals surface area contributed by atoms with E-state index in [1.807, 2.05) is 37.3 Å². The molecule has 1 fully saturated rings. The molecule has 1 aliphatic carbocycles.